The van der Waals surface area contributed by atoms with E-state index in [1.54, 1.807) is 0 Å². The summed E-state index contributed by atoms with van der Waals surface area (Å²) < 4.78 is 4.37. The molecule has 25 heavy (non-hydrogen) atoms. The van der Waals surface area contributed by atoms with E-state index in [4.69, 9.17) is 4.98 Å². The zero-order valence-electron chi connectivity index (χ0n) is 14.2. The Hall–Kier alpha value is -3.20. The van der Waals surface area contributed by atoms with Crippen LogP contribution in [-0.4, -0.2) is 9.55 Å². The molecule has 2 heterocycles. The number of hydrogen-bond acceptors (Lipinski definition) is 1. The predicted octanol–water partition coefficient (Wildman–Crippen LogP) is 4.08. The lowest BCUT2D eigenvalue weighted by Crippen LogP contribution is -2.30. The first kappa shape index (κ1) is 15.3. The summed E-state index contributed by atoms with van der Waals surface area (Å²) in [6.07, 6.45) is 6.26. The number of imidazole rings is 1. The molecule has 4 aromatic rings. The maximum absolute atomic E-state index is 4.82. The molecule has 0 saturated carbocycles. The molecule has 0 N–H and O–H groups in total. The first-order valence-corrected chi connectivity index (χ1v) is 8.43. The Bertz CT molecular complexity index is 1030. The second kappa shape index (κ2) is 6.73. The van der Waals surface area contributed by atoms with Crippen LogP contribution in [0, 0.1) is 0 Å². The number of aryl methyl sites for hydroxylation is 1. The number of para-hydroxylation sites is 2. The van der Waals surface area contributed by atoms with E-state index in [1.807, 2.05) is 37.5 Å². The van der Waals surface area contributed by atoms with Crippen LogP contribution in [0.5, 0.6) is 0 Å². The summed E-state index contributed by atoms with van der Waals surface area (Å²) in [6, 6.07) is 25.0. The van der Waals surface area contributed by atoms with Gasteiger partial charge in [-0.2, -0.15) is 0 Å². The molecule has 0 amide bonds. The molecule has 3 nitrogen and oxygen atoms in total. The van der Waals surface area contributed by atoms with E-state index in [0.29, 0.717) is 0 Å². The van der Waals surface area contributed by atoms with Gasteiger partial charge in [0.1, 0.15) is 12.9 Å². The van der Waals surface area contributed by atoms with Crippen LogP contribution < -0.4 is 4.57 Å². The number of benzene rings is 2. The molecular weight excluding hydrogens is 306 g/mol. The average Bonchev–Trinajstić information content (AvgIpc) is 3.00. The Labute approximate surface area is 147 Å². The summed E-state index contributed by atoms with van der Waals surface area (Å²) in [5.41, 5.74) is 4.59. The molecule has 2 aromatic carbocycles. The van der Waals surface area contributed by atoms with Gasteiger partial charge in [-0.25, -0.2) is 9.55 Å². The molecule has 0 bridgehead atoms. The SMILES string of the molecule is C[n+]1ccccc1/C=C/c1nc2ccccc2n1Cc1ccccc1. The van der Waals surface area contributed by atoms with Crippen LogP contribution in [0.15, 0.2) is 79.0 Å². The van der Waals surface area contributed by atoms with Crippen molar-refractivity contribution in [3.63, 3.8) is 0 Å². The molecule has 0 aliphatic rings. The second-order valence-electron chi connectivity index (χ2n) is 6.10. The summed E-state index contributed by atoms with van der Waals surface area (Å²) >= 11 is 0. The Kier molecular flexibility index (Phi) is 4.13. The lowest BCUT2D eigenvalue weighted by Gasteiger charge is -2.07. The van der Waals surface area contributed by atoms with Crippen LogP contribution in [0.1, 0.15) is 17.1 Å². The Morgan fingerprint density at radius 3 is 2.48 bits per heavy atom. The van der Waals surface area contributed by atoms with Crippen LogP contribution in [0.25, 0.3) is 23.2 Å². The van der Waals surface area contributed by atoms with Gasteiger partial charge >= 0.3 is 0 Å². The molecule has 0 saturated heterocycles. The average molecular weight is 326 g/mol. The van der Waals surface area contributed by atoms with Gasteiger partial charge in [-0.15, -0.1) is 0 Å². The third kappa shape index (κ3) is 3.22. The summed E-state index contributed by atoms with van der Waals surface area (Å²) in [4.78, 5) is 4.82. The molecule has 4 rings (SSSR count). The van der Waals surface area contributed by atoms with Crippen molar-refractivity contribution in [2.45, 2.75) is 6.54 Å². The highest BCUT2D eigenvalue weighted by Gasteiger charge is 2.09. The molecule has 0 aliphatic heterocycles. The van der Waals surface area contributed by atoms with Crippen LogP contribution in [0.4, 0.5) is 0 Å². The number of pyridine rings is 1. The Morgan fingerprint density at radius 1 is 0.880 bits per heavy atom. The topological polar surface area (TPSA) is 21.7 Å². The highest BCUT2D eigenvalue weighted by Crippen LogP contribution is 2.19. The third-order valence-corrected chi connectivity index (χ3v) is 4.37. The van der Waals surface area contributed by atoms with Crippen LogP contribution >= 0.6 is 0 Å². The van der Waals surface area contributed by atoms with E-state index in [1.165, 1.54) is 5.56 Å². The number of nitrogens with zero attached hydrogens (tertiary/aromatic N) is 3. The molecule has 0 atom stereocenters. The molecule has 0 spiro atoms. The van der Waals surface area contributed by atoms with E-state index in [0.717, 1.165) is 29.1 Å². The van der Waals surface area contributed by atoms with Gasteiger partial charge in [0.15, 0.2) is 6.20 Å². The van der Waals surface area contributed by atoms with E-state index in [-0.39, 0.29) is 0 Å². The zero-order chi connectivity index (χ0) is 17.1. The third-order valence-electron chi connectivity index (χ3n) is 4.37. The van der Waals surface area contributed by atoms with Crippen molar-refractivity contribution in [3.8, 4) is 0 Å². The molecule has 122 valence electrons. The smallest absolute Gasteiger partial charge is 0.205 e. The van der Waals surface area contributed by atoms with Gasteiger partial charge in [0, 0.05) is 24.8 Å². The maximum Gasteiger partial charge on any atom is 0.205 e. The first-order chi connectivity index (χ1) is 12.3. The Balaban J connectivity index is 1.78. The van der Waals surface area contributed by atoms with Crippen LogP contribution in [0.3, 0.4) is 0 Å². The van der Waals surface area contributed by atoms with Crippen LogP contribution in [0.2, 0.25) is 0 Å². The van der Waals surface area contributed by atoms with Crippen molar-refractivity contribution >= 4 is 23.2 Å². The van der Waals surface area contributed by atoms with E-state index in [2.05, 4.69) is 69.8 Å². The second-order valence-corrected chi connectivity index (χ2v) is 6.10. The molecule has 0 aliphatic carbocycles. The van der Waals surface area contributed by atoms with Gasteiger partial charge in [0.2, 0.25) is 5.69 Å². The quantitative estimate of drug-likeness (QED) is 0.518. The monoisotopic (exact) mass is 326 g/mol. The van der Waals surface area contributed by atoms with E-state index < -0.39 is 0 Å². The molecule has 0 radical (unpaired) electrons. The molecule has 3 heteroatoms. The normalized spacial score (nSPS) is 11.4. The van der Waals surface area contributed by atoms with Crippen molar-refractivity contribution in [3.05, 3.63) is 96.1 Å². The summed E-state index contributed by atoms with van der Waals surface area (Å²) in [7, 11) is 2.05. The molecular formula is C22H20N3+. The van der Waals surface area contributed by atoms with Crippen molar-refractivity contribution in [1.29, 1.82) is 0 Å². The van der Waals surface area contributed by atoms with Crippen molar-refractivity contribution < 1.29 is 4.57 Å². The fourth-order valence-corrected chi connectivity index (χ4v) is 3.02. The largest absolute Gasteiger partial charge is 0.320 e. The first-order valence-electron chi connectivity index (χ1n) is 8.43. The fraction of sp³-hybridized carbons (Fsp3) is 0.0909. The molecule has 2 aromatic heterocycles. The van der Waals surface area contributed by atoms with Gasteiger partial charge in [-0.3, -0.25) is 0 Å². The summed E-state index contributed by atoms with van der Waals surface area (Å²) in [5.74, 6) is 0.967. The summed E-state index contributed by atoms with van der Waals surface area (Å²) in [6.45, 7) is 0.807. The minimum atomic E-state index is 0.807. The van der Waals surface area contributed by atoms with Crippen molar-refractivity contribution in [2.24, 2.45) is 7.05 Å². The minimum absolute atomic E-state index is 0.807. The minimum Gasteiger partial charge on any atom is -0.320 e. The highest BCUT2D eigenvalue weighted by molar-refractivity contribution is 5.79. The van der Waals surface area contributed by atoms with E-state index >= 15 is 0 Å². The van der Waals surface area contributed by atoms with Crippen molar-refractivity contribution in [2.75, 3.05) is 0 Å². The zero-order valence-corrected chi connectivity index (χ0v) is 14.2. The van der Waals surface area contributed by atoms with Crippen LogP contribution in [-0.2, 0) is 13.6 Å². The number of rotatable bonds is 4. The maximum atomic E-state index is 4.82. The van der Waals surface area contributed by atoms with Gasteiger partial charge in [0.05, 0.1) is 11.0 Å². The highest BCUT2D eigenvalue weighted by atomic mass is 15.1. The van der Waals surface area contributed by atoms with Gasteiger partial charge < -0.3 is 4.57 Å². The van der Waals surface area contributed by atoms with Gasteiger partial charge in [-0.1, -0.05) is 42.5 Å². The molecule has 0 unspecified atom stereocenters. The van der Waals surface area contributed by atoms with Gasteiger partial charge in [0.25, 0.3) is 0 Å². The lowest BCUT2D eigenvalue weighted by molar-refractivity contribution is -0.673. The number of hydrogen-bond donors (Lipinski definition) is 0. The number of fused-ring (bicyclic) bond motifs is 1. The summed E-state index contributed by atoms with van der Waals surface area (Å²) in [5, 5.41) is 0. The van der Waals surface area contributed by atoms with Crippen molar-refractivity contribution in [1.82, 2.24) is 9.55 Å². The standard InChI is InChI=1S/C22H20N3/c1-24-16-8-7-11-19(24)14-15-22-23-20-12-5-6-13-21(20)25(22)17-18-9-3-2-4-10-18/h2-16H,17H2,1H3/q+1. The fourth-order valence-electron chi connectivity index (χ4n) is 3.02. The molecule has 0 fully saturated rings. The predicted molar refractivity (Wildman–Crippen MR) is 102 cm³/mol. The Morgan fingerprint density at radius 2 is 1.64 bits per heavy atom. The lowest BCUT2D eigenvalue weighted by atomic mass is 10.2. The van der Waals surface area contributed by atoms with Gasteiger partial charge in [-0.05, 0) is 29.8 Å². The van der Waals surface area contributed by atoms with E-state index in [9.17, 15) is 0 Å². The number of aromatic nitrogens is 3.